The van der Waals surface area contributed by atoms with Crippen LogP contribution in [0.2, 0.25) is 0 Å². The van der Waals surface area contributed by atoms with Crippen molar-refractivity contribution < 1.29 is 0 Å². The molecule has 1 heteroatoms. The van der Waals surface area contributed by atoms with E-state index in [-0.39, 0.29) is 0 Å². The monoisotopic (exact) mass is 172 g/mol. The van der Waals surface area contributed by atoms with Gasteiger partial charge in [0.05, 0.1) is 0 Å². The van der Waals surface area contributed by atoms with Crippen molar-refractivity contribution >= 4 is 11.8 Å². The van der Waals surface area contributed by atoms with E-state index in [1.807, 2.05) is 11.8 Å². The standard InChI is InChI=1S/C10H20S/c1-7(2)9(5)11-10(6)8(3)4/h7,9H,1-6H3. The average molecular weight is 172 g/mol. The Kier molecular flexibility index (Phi) is 4.91. The predicted octanol–water partition coefficient (Wildman–Crippen LogP) is 4.08. The van der Waals surface area contributed by atoms with E-state index in [2.05, 4.69) is 41.5 Å². The molecule has 0 aromatic rings. The summed E-state index contributed by atoms with van der Waals surface area (Å²) in [5.74, 6) is 0.772. The van der Waals surface area contributed by atoms with Crippen LogP contribution in [0.15, 0.2) is 10.5 Å². The molecular weight excluding hydrogens is 152 g/mol. The van der Waals surface area contributed by atoms with Crippen LogP contribution in [0.1, 0.15) is 41.5 Å². The van der Waals surface area contributed by atoms with E-state index >= 15 is 0 Å². The molecule has 0 aliphatic carbocycles. The smallest absolute Gasteiger partial charge is 0.00857 e. The second-order valence-electron chi connectivity index (χ2n) is 3.62. The minimum absolute atomic E-state index is 0.741. The SMILES string of the molecule is CC(C)=C(C)SC(C)C(C)C. The van der Waals surface area contributed by atoms with Crippen molar-refractivity contribution in [1.29, 1.82) is 0 Å². The molecule has 0 aliphatic heterocycles. The van der Waals surface area contributed by atoms with Gasteiger partial charge in [0.1, 0.15) is 0 Å². The second-order valence-corrected chi connectivity index (χ2v) is 5.21. The Morgan fingerprint density at radius 2 is 1.45 bits per heavy atom. The van der Waals surface area contributed by atoms with Gasteiger partial charge in [-0.15, -0.1) is 11.8 Å². The van der Waals surface area contributed by atoms with Gasteiger partial charge in [-0.1, -0.05) is 26.3 Å². The predicted molar refractivity (Wildman–Crippen MR) is 55.9 cm³/mol. The van der Waals surface area contributed by atoms with Gasteiger partial charge in [-0.25, -0.2) is 0 Å². The number of rotatable bonds is 3. The lowest BCUT2D eigenvalue weighted by atomic mass is 10.2. The zero-order valence-corrected chi connectivity index (χ0v) is 9.38. The minimum atomic E-state index is 0.741. The lowest BCUT2D eigenvalue weighted by Crippen LogP contribution is -2.05. The van der Waals surface area contributed by atoms with Crippen LogP contribution in [-0.4, -0.2) is 5.25 Å². The van der Waals surface area contributed by atoms with Crippen molar-refractivity contribution in [1.82, 2.24) is 0 Å². The molecule has 0 heterocycles. The lowest BCUT2D eigenvalue weighted by molar-refractivity contribution is 0.643. The molecule has 11 heavy (non-hydrogen) atoms. The topological polar surface area (TPSA) is 0 Å². The third kappa shape index (κ3) is 4.52. The maximum atomic E-state index is 2.29. The fourth-order valence-corrected chi connectivity index (χ4v) is 1.60. The van der Waals surface area contributed by atoms with Crippen molar-refractivity contribution in [2.45, 2.75) is 46.8 Å². The fraction of sp³-hybridized carbons (Fsp3) is 0.800. The number of hydrogen-bond acceptors (Lipinski definition) is 1. The highest BCUT2D eigenvalue weighted by atomic mass is 32.2. The summed E-state index contributed by atoms with van der Waals surface area (Å²) >= 11 is 2.00. The Labute approximate surface area is 75.5 Å². The molecule has 0 nitrogen and oxygen atoms in total. The van der Waals surface area contributed by atoms with Crippen molar-refractivity contribution in [3.05, 3.63) is 10.5 Å². The first-order valence-corrected chi connectivity index (χ1v) is 5.13. The quantitative estimate of drug-likeness (QED) is 0.618. The van der Waals surface area contributed by atoms with Gasteiger partial charge >= 0.3 is 0 Å². The highest BCUT2D eigenvalue weighted by molar-refractivity contribution is 8.03. The Morgan fingerprint density at radius 3 is 1.73 bits per heavy atom. The average Bonchev–Trinajstić information content (AvgIpc) is 1.87. The van der Waals surface area contributed by atoms with Crippen LogP contribution in [0.4, 0.5) is 0 Å². The number of hydrogen-bond donors (Lipinski definition) is 0. The largest absolute Gasteiger partial charge is 0.128 e. The third-order valence-corrected chi connectivity index (χ3v) is 3.68. The fourth-order valence-electron chi connectivity index (χ4n) is 0.533. The van der Waals surface area contributed by atoms with Gasteiger partial charge in [0, 0.05) is 5.25 Å². The van der Waals surface area contributed by atoms with E-state index < -0.39 is 0 Å². The molecule has 0 saturated heterocycles. The minimum Gasteiger partial charge on any atom is -0.128 e. The van der Waals surface area contributed by atoms with Crippen molar-refractivity contribution in [3.8, 4) is 0 Å². The van der Waals surface area contributed by atoms with Crippen LogP contribution in [0.3, 0.4) is 0 Å². The number of thioether (sulfide) groups is 1. The maximum Gasteiger partial charge on any atom is 0.00857 e. The Balaban J connectivity index is 3.96. The zero-order valence-electron chi connectivity index (χ0n) is 8.56. The first kappa shape index (κ1) is 11.1. The van der Waals surface area contributed by atoms with Crippen molar-refractivity contribution in [2.75, 3.05) is 0 Å². The van der Waals surface area contributed by atoms with Crippen molar-refractivity contribution in [2.24, 2.45) is 5.92 Å². The summed E-state index contributed by atoms with van der Waals surface area (Å²) in [4.78, 5) is 1.48. The van der Waals surface area contributed by atoms with Gasteiger partial charge in [0.15, 0.2) is 0 Å². The van der Waals surface area contributed by atoms with Gasteiger partial charge in [-0.3, -0.25) is 0 Å². The van der Waals surface area contributed by atoms with Crippen LogP contribution in [0, 0.1) is 5.92 Å². The Hall–Kier alpha value is 0.0900. The van der Waals surface area contributed by atoms with Gasteiger partial charge in [-0.05, 0) is 31.6 Å². The summed E-state index contributed by atoms with van der Waals surface area (Å²) in [6, 6.07) is 0. The van der Waals surface area contributed by atoms with Crippen molar-refractivity contribution in [3.63, 3.8) is 0 Å². The molecule has 0 N–H and O–H groups in total. The van der Waals surface area contributed by atoms with E-state index in [0.29, 0.717) is 0 Å². The summed E-state index contributed by atoms with van der Waals surface area (Å²) in [6.07, 6.45) is 0. The molecule has 0 spiro atoms. The second kappa shape index (κ2) is 4.87. The summed E-state index contributed by atoms with van der Waals surface area (Å²) in [5, 5.41) is 0.741. The number of allylic oxidation sites excluding steroid dienone is 2. The zero-order chi connectivity index (χ0) is 9.02. The van der Waals surface area contributed by atoms with Crippen LogP contribution in [0.25, 0.3) is 0 Å². The van der Waals surface area contributed by atoms with Gasteiger partial charge < -0.3 is 0 Å². The summed E-state index contributed by atoms with van der Waals surface area (Å²) in [5.41, 5.74) is 1.45. The third-order valence-electron chi connectivity index (χ3n) is 2.01. The summed E-state index contributed by atoms with van der Waals surface area (Å²) in [6.45, 7) is 13.4. The van der Waals surface area contributed by atoms with E-state index in [4.69, 9.17) is 0 Å². The molecule has 66 valence electrons. The normalized spacial score (nSPS) is 13.4. The van der Waals surface area contributed by atoms with Crippen LogP contribution in [-0.2, 0) is 0 Å². The van der Waals surface area contributed by atoms with E-state index in [9.17, 15) is 0 Å². The summed E-state index contributed by atoms with van der Waals surface area (Å²) in [7, 11) is 0. The van der Waals surface area contributed by atoms with Crippen LogP contribution >= 0.6 is 11.8 Å². The molecule has 0 aromatic carbocycles. The molecule has 0 saturated carbocycles. The Morgan fingerprint density at radius 1 is 1.00 bits per heavy atom. The highest BCUT2D eigenvalue weighted by Crippen LogP contribution is 2.27. The first-order chi connectivity index (χ1) is 4.95. The lowest BCUT2D eigenvalue weighted by Gasteiger charge is -2.15. The molecule has 0 amide bonds. The maximum absolute atomic E-state index is 2.29. The molecule has 0 aliphatic rings. The van der Waals surface area contributed by atoms with Gasteiger partial charge in [0.2, 0.25) is 0 Å². The van der Waals surface area contributed by atoms with Gasteiger partial charge in [0.25, 0.3) is 0 Å². The van der Waals surface area contributed by atoms with Gasteiger partial charge in [-0.2, -0.15) is 0 Å². The van der Waals surface area contributed by atoms with E-state index in [1.165, 1.54) is 10.5 Å². The molecule has 0 aromatic heterocycles. The molecular formula is C10H20S. The molecule has 1 atom stereocenters. The first-order valence-electron chi connectivity index (χ1n) is 4.26. The van der Waals surface area contributed by atoms with Crippen LogP contribution in [0.5, 0.6) is 0 Å². The molecule has 0 rings (SSSR count). The molecule has 0 radical (unpaired) electrons. The highest BCUT2D eigenvalue weighted by Gasteiger charge is 2.08. The summed E-state index contributed by atoms with van der Waals surface area (Å²) < 4.78 is 0. The van der Waals surface area contributed by atoms with Crippen LogP contribution < -0.4 is 0 Å². The van der Waals surface area contributed by atoms with E-state index in [0.717, 1.165) is 11.2 Å². The molecule has 0 bridgehead atoms. The van der Waals surface area contributed by atoms with E-state index in [1.54, 1.807) is 0 Å². The molecule has 0 fully saturated rings. The molecule has 1 unspecified atom stereocenters. The Bertz CT molecular complexity index is 141.